The predicted octanol–water partition coefficient (Wildman–Crippen LogP) is 0.515. The van der Waals surface area contributed by atoms with E-state index in [1.54, 1.807) is 0 Å². The Bertz CT molecular complexity index is 213. The van der Waals surface area contributed by atoms with Gasteiger partial charge < -0.3 is 14.4 Å². The number of alkyl halides is 1. The van der Waals surface area contributed by atoms with Crippen LogP contribution in [-0.2, 0) is 6.61 Å². The maximum Gasteiger partial charge on any atom is 0.254 e. The van der Waals surface area contributed by atoms with Crippen molar-refractivity contribution in [2.75, 3.05) is 13.3 Å². The lowest BCUT2D eigenvalue weighted by atomic mass is 10.5. The second kappa shape index (κ2) is 3.92. The maximum atomic E-state index is 11.5. The molecule has 0 bridgehead atoms. The van der Waals surface area contributed by atoms with Crippen molar-refractivity contribution in [3.8, 4) is 5.88 Å². The molecule has 1 N–H and O–H groups in total. The van der Waals surface area contributed by atoms with Crippen LogP contribution in [0.4, 0.5) is 4.39 Å². The first-order valence-corrected chi connectivity index (χ1v) is 3.12. The summed E-state index contributed by atoms with van der Waals surface area (Å²) in [6, 6.07) is 1.41. The number of aliphatic hydroxyl groups is 1. The van der Waals surface area contributed by atoms with Gasteiger partial charge in [-0.25, -0.2) is 4.39 Å². The zero-order valence-electron chi connectivity index (χ0n) is 5.79. The van der Waals surface area contributed by atoms with Crippen LogP contribution in [0.3, 0.4) is 0 Å². The zero-order valence-corrected chi connectivity index (χ0v) is 5.79. The fourth-order valence-corrected chi connectivity index (χ4v) is 0.580. The highest BCUT2D eigenvalue weighted by atomic mass is 19.1. The van der Waals surface area contributed by atoms with E-state index in [2.05, 4.69) is 9.68 Å². The van der Waals surface area contributed by atoms with E-state index in [4.69, 9.17) is 9.84 Å². The molecule has 0 aromatic carbocycles. The molecule has 11 heavy (non-hydrogen) atoms. The Morgan fingerprint density at radius 2 is 2.55 bits per heavy atom. The summed E-state index contributed by atoms with van der Waals surface area (Å²) in [6.07, 6.45) is 0. The van der Waals surface area contributed by atoms with Gasteiger partial charge in [0.05, 0.1) is 0 Å². The van der Waals surface area contributed by atoms with Crippen molar-refractivity contribution in [1.29, 1.82) is 0 Å². The molecular weight excluding hydrogens is 153 g/mol. The Morgan fingerprint density at radius 1 is 1.73 bits per heavy atom. The number of hydrogen-bond donors (Lipinski definition) is 1. The molecule has 4 nitrogen and oxygen atoms in total. The third-order valence-corrected chi connectivity index (χ3v) is 1.02. The van der Waals surface area contributed by atoms with Crippen molar-refractivity contribution < 1.29 is 18.8 Å². The zero-order chi connectivity index (χ0) is 8.10. The van der Waals surface area contributed by atoms with Gasteiger partial charge in [-0.2, -0.15) is 0 Å². The van der Waals surface area contributed by atoms with Crippen LogP contribution in [0.5, 0.6) is 5.88 Å². The number of halogens is 1. The smallest absolute Gasteiger partial charge is 0.254 e. The lowest BCUT2D eigenvalue weighted by molar-refractivity contribution is 0.218. The minimum Gasteiger partial charge on any atom is -0.473 e. The van der Waals surface area contributed by atoms with E-state index >= 15 is 0 Å². The number of aliphatic hydroxyl groups excluding tert-OH is 1. The van der Waals surface area contributed by atoms with E-state index in [-0.39, 0.29) is 19.1 Å². The summed E-state index contributed by atoms with van der Waals surface area (Å²) >= 11 is 0. The van der Waals surface area contributed by atoms with Crippen LogP contribution in [0.2, 0.25) is 0 Å². The molecule has 0 saturated heterocycles. The van der Waals surface area contributed by atoms with E-state index in [0.717, 1.165) is 0 Å². The Balaban J connectivity index is 2.44. The van der Waals surface area contributed by atoms with Crippen molar-refractivity contribution >= 4 is 0 Å². The topological polar surface area (TPSA) is 55.5 Å². The first-order chi connectivity index (χ1) is 5.36. The fourth-order valence-electron chi connectivity index (χ4n) is 0.580. The molecule has 1 aromatic rings. The molecule has 0 fully saturated rings. The lowest BCUT2D eigenvalue weighted by Crippen LogP contribution is -1.98. The van der Waals surface area contributed by atoms with Gasteiger partial charge in [0.15, 0.2) is 5.76 Å². The van der Waals surface area contributed by atoms with Crippen LogP contribution in [0.1, 0.15) is 5.76 Å². The van der Waals surface area contributed by atoms with Gasteiger partial charge in [-0.15, -0.1) is 0 Å². The molecule has 1 heterocycles. The van der Waals surface area contributed by atoms with Gasteiger partial charge in [0.1, 0.15) is 19.9 Å². The molecular formula is C6H8FNO3. The molecule has 0 aliphatic heterocycles. The first kappa shape index (κ1) is 8.00. The van der Waals surface area contributed by atoms with Crippen molar-refractivity contribution in [3.05, 3.63) is 11.8 Å². The summed E-state index contributed by atoms with van der Waals surface area (Å²) in [4.78, 5) is 0. The molecule has 5 heteroatoms. The van der Waals surface area contributed by atoms with Crippen LogP contribution in [0.15, 0.2) is 10.6 Å². The van der Waals surface area contributed by atoms with Gasteiger partial charge in [0.2, 0.25) is 0 Å². The molecule has 0 aliphatic rings. The molecule has 0 radical (unpaired) electrons. The standard InChI is InChI=1S/C6H8FNO3/c7-1-2-10-6-3-5(4-9)11-8-6/h3,9H,1-2,4H2. The normalized spacial score (nSPS) is 10.0. The summed E-state index contributed by atoms with van der Waals surface area (Å²) in [6.45, 7) is -0.843. The second-order valence-corrected chi connectivity index (χ2v) is 1.83. The average Bonchev–Trinajstić information content (AvgIpc) is 2.48. The van der Waals surface area contributed by atoms with Gasteiger partial charge in [-0.1, -0.05) is 0 Å². The minimum absolute atomic E-state index is 0.0442. The fraction of sp³-hybridized carbons (Fsp3) is 0.500. The number of nitrogens with zero attached hydrogens (tertiary/aromatic N) is 1. The highest BCUT2D eigenvalue weighted by Crippen LogP contribution is 2.10. The molecule has 1 rings (SSSR count). The molecule has 0 spiro atoms. The van der Waals surface area contributed by atoms with Crippen molar-refractivity contribution in [3.63, 3.8) is 0 Å². The summed E-state index contributed by atoms with van der Waals surface area (Å²) < 4.78 is 20.8. The Kier molecular flexibility index (Phi) is 2.85. The van der Waals surface area contributed by atoms with Crippen LogP contribution >= 0.6 is 0 Å². The summed E-state index contributed by atoms with van der Waals surface area (Å²) in [5.74, 6) is 0.505. The Morgan fingerprint density at radius 3 is 3.09 bits per heavy atom. The first-order valence-electron chi connectivity index (χ1n) is 3.12. The van der Waals surface area contributed by atoms with Gasteiger partial charge in [-0.05, 0) is 5.16 Å². The SMILES string of the molecule is OCc1cc(OCCF)no1. The molecule has 0 atom stereocenters. The minimum atomic E-state index is -0.568. The van der Waals surface area contributed by atoms with E-state index in [9.17, 15) is 4.39 Å². The van der Waals surface area contributed by atoms with Crippen LogP contribution in [0.25, 0.3) is 0 Å². The molecule has 0 amide bonds. The van der Waals surface area contributed by atoms with Crippen LogP contribution in [0, 0.1) is 0 Å². The summed E-state index contributed by atoms with van der Waals surface area (Å²) in [5.41, 5.74) is 0. The number of ether oxygens (including phenoxy) is 1. The highest BCUT2D eigenvalue weighted by Gasteiger charge is 2.02. The highest BCUT2D eigenvalue weighted by molar-refractivity contribution is 5.09. The molecule has 62 valence electrons. The number of hydrogen-bond acceptors (Lipinski definition) is 4. The lowest BCUT2D eigenvalue weighted by Gasteiger charge is -1.93. The Labute approximate surface area is 62.6 Å². The molecule has 1 aromatic heterocycles. The van der Waals surface area contributed by atoms with Gasteiger partial charge >= 0.3 is 0 Å². The number of aromatic nitrogens is 1. The van der Waals surface area contributed by atoms with E-state index < -0.39 is 6.67 Å². The maximum absolute atomic E-state index is 11.5. The molecule has 0 saturated carbocycles. The quantitative estimate of drug-likeness (QED) is 0.699. The van der Waals surface area contributed by atoms with E-state index in [1.807, 2.05) is 0 Å². The van der Waals surface area contributed by atoms with Crippen LogP contribution < -0.4 is 4.74 Å². The predicted molar refractivity (Wildman–Crippen MR) is 33.9 cm³/mol. The average molecular weight is 161 g/mol. The largest absolute Gasteiger partial charge is 0.473 e. The third kappa shape index (κ3) is 2.19. The van der Waals surface area contributed by atoms with E-state index in [1.165, 1.54) is 6.07 Å². The van der Waals surface area contributed by atoms with Gasteiger partial charge in [0.25, 0.3) is 5.88 Å². The van der Waals surface area contributed by atoms with Crippen molar-refractivity contribution in [1.82, 2.24) is 5.16 Å². The molecule has 0 aliphatic carbocycles. The van der Waals surface area contributed by atoms with Gasteiger partial charge in [-0.3, -0.25) is 0 Å². The van der Waals surface area contributed by atoms with Gasteiger partial charge in [0, 0.05) is 6.07 Å². The second-order valence-electron chi connectivity index (χ2n) is 1.83. The van der Waals surface area contributed by atoms with Crippen molar-refractivity contribution in [2.45, 2.75) is 6.61 Å². The monoisotopic (exact) mass is 161 g/mol. The summed E-state index contributed by atoms with van der Waals surface area (Å²) in [5, 5.41) is 11.9. The third-order valence-electron chi connectivity index (χ3n) is 1.02. The summed E-state index contributed by atoms with van der Waals surface area (Å²) in [7, 11) is 0. The number of rotatable bonds is 4. The van der Waals surface area contributed by atoms with Crippen molar-refractivity contribution in [2.24, 2.45) is 0 Å². The van der Waals surface area contributed by atoms with Crippen LogP contribution in [-0.4, -0.2) is 23.5 Å². The van der Waals surface area contributed by atoms with E-state index in [0.29, 0.717) is 5.76 Å². The molecule has 0 unspecified atom stereocenters. The Hall–Kier alpha value is -1.10.